The Hall–Kier alpha value is -1.80. The van der Waals surface area contributed by atoms with Gasteiger partial charge in [-0.25, -0.2) is 9.67 Å². The van der Waals surface area contributed by atoms with Crippen LogP contribution in [-0.4, -0.2) is 61.2 Å². The summed E-state index contributed by atoms with van der Waals surface area (Å²) in [5.41, 5.74) is 0. The molecule has 8 heteroatoms. The molecule has 4 rings (SSSR count). The Bertz CT molecular complexity index is 705. The minimum absolute atomic E-state index is 0.381. The van der Waals surface area contributed by atoms with Crippen LogP contribution in [0, 0.1) is 0 Å². The molecule has 0 N–H and O–H groups in total. The fraction of sp³-hybridized carbons (Fsp3) is 0.765. The Labute approximate surface area is 148 Å². The van der Waals surface area contributed by atoms with Crippen LogP contribution < -0.4 is 0 Å². The van der Waals surface area contributed by atoms with Gasteiger partial charge in [-0.05, 0) is 36.7 Å². The summed E-state index contributed by atoms with van der Waals surface area (Å²) in [6.45, 7) is 7.95. The van der Waals surface area contributed by atoms with Crippen molar-refractivity contribution in [2.75, 3.05) is 20.1 Å². The Balaban J connectivity index is 1.31. The molecule has 2 aliphatic rings. The van der Waals surface area contributed by atoms with Crippen LogP contribution in [0.15, 0.2) is 10.6 Å². The summed E-state index contributed by atoms with van der Waals surface area (Å²) in [5.74, 6) is 3.15. The third kappa shape index (κ3) is 3.74. The topological polar surface area (TPSA) is 76.1 Å². The number of likely N-dealkylation sites (tertiary alicyclic amines) is 1. The number of hydrogen-bond acceptors (Lipinski definition) is 7. The normalized spacial score (nSPS) is 21.7. The van der Waals surface area contributed by atoms with E-state index in [4.69, 9.17) is 4.42 Å². The number of oxazole rings is 1. The van der Waals surface area contributed by atoms with Gasteiger partial charge in [0, 0.05) is 25.0 Å². The lowest BCUT2D eigenvalue weighted by Gasteiger charge is -2.23. The summed E-state index contributed by atoms with van der Waals surface area (Å²) in [6.07, 6.45) is 5.42. The van der Waals surface area contributed by atoms with Crippen LogP contribution >= 0.6 is 0 Å². The first kappa shape index (κ1) is 16.7. The highest BCUT2D eigenvalue weighted by Crippen LogP contribution is 2.34. The first-order chi connectivity index (χ1) is 12.1. The molecule has 136 valence electrons. The zero-order valence-corrected chi connectivity index (χ0v) is 15.3. The van der Waals surface area contributed by atoms with Crippen LogP contribution in [0.25, 0.3) is 0 Å². The minimum Gasteiger partial charge on any atom is -0.444 e. The van der Waals surface area contributed by atoms with Crippen molar-refractivity contribution in [2.24, 2.45) is 0 Å². The Morgan fingerprint density at radius 3 is 2.88 bits per heavy atom. The van der Waals surface area contributed by atoms with E-state index in [2.05, 4.69) is 51.2 Å². The lowest BCUT2D eigenvalue weighted by atomic mass is 10.2. The van der Waals surface area contributed by atoms with Crippen LogP contribution in [0.4, 0.5) is 0 Å². The fourth-order valence-electron chi connectivity index (χ4n) is 3.44. The molecule has 0 aromatic carbocycles. The predicted octanol–water partition coefficient (Wildman–Crippen LogP) is 1.83. The first-order valence-electron chi connectivity index (χ1n) is 9.24. The molecule has 8 nitrogen and oxygen atoms in total. The van der Waals surface area contributed by atoms with Gasteiger partial charge in [-0.15, -0.1) is 5.10 Å². The second-order valence-electron chi connectivity index (χ2n) is 7.67. The monoisotopic (exact) mass is 345 g/mol. The first-order valence-corrected chi connectivity index (χ1v) is 9.24. The molecule has 2 aromatic rings. The Kier molecular flexibility index (Phi) is 4.56. The average molecular weight is 345 g/mol. The van der Waals surface area contributed by atoms with E-state index in [9.17, 15) is 0 Å². The second kappa shape index (κ2) is 6.84. The molecule has 0 amide bonds. The van der Waals surface area contributed by atoms with Gasteiger partial charge in [0.15, 0.2) is 5.82 Å². The molecular formula is C17H27N7O. The van der Waals surface area contributed by atoms with Crippen LogP contribution in [0.3, 0.4) is 0 Å². The lowest BCUT2D eigenvalue weighted by molar-refractivity contribution is 0.201. The van der Waals surface area contributed by atoms with Crippen LogP contribution in [-0.2, 0) is 13.1 Å². The molecular weight excluding hydrogens is 318 g/mol. The van der Waals surface area contributed by atoms with Crippen LogP contribution in [0.5, 0.6) is 0 Å². The van der Waals surface area contributed by atoms with Gasteiger partial charge in [-0.1, -0.05) is 13.8 Å². The van der Waals surface area contributed by atoms with E-state index >= 15 is 0 Å². The van der Waals surface area contributed by atoms with Crippen molar-refractivity contribution in [3.05, 3.63) is 23.7 Å². The fourth-order valence-corrected chi connectivity index (χ4v) is 3.44. The Morgan fingerprint density at radius 2 is 2.16 bits per heavy atom. The van der Waals surface area contributed by atoms with Gasteiger partial charge in [0.1, 0.15) is 5.76 Å². The molecule has 1 saturated heterocycles. The minimum atomic E-state index is 0.381. The maximum absolute atomic E-state index is 5.84. The number of nitrogens with zero attached hydrogens (tertiary/aromatic N) is 7. The van der Waals surface area contributed by atoms with Gasteiger partial charge in [-0.3, -0.25) is 9.80 Å². The highest BCUT2D eigenvalue weighted by molar-refractivity contribution is 4.99. The van der Waals surface area contributed by atoms with Crippen LogP contribution in [0.1, 0.15) is 62.5 Å². The molecule has 1 saturated carbocycles. The van der Waals surface area contributed by atoms with Gasteiger partial charge in [0.2, 0.25) is 5.89 Å². The highest BCUT2D eigenvalue weighted by Gasteiger charge is 2.31. The van der Waals surface area contributed by atoms with Gasteiger partial charge in [0.25, 0.3) is 0 Å². The van der Waals surface area contributed by atoms with E-state index in [1.54, 1.807) is 0 Å². The van der Waals surface area contributed by atoms with E-state index in [1.807, 2.05) is 10.9 Å². The largest absolute Gasteiger partial charge is 0.444 e. The SMILES string of the molecule is CC(C)c1cnc(CN(C)C2CCN(Cc3nnnn3C3CC3)C2)o1. The van der Waals surface area contributed by atoms with Gasteiger partial charge in [0.05, 0.1) is 25.3 Å². The summed E-state index contributed by atoms with van der Waals surface area (Å²) in [5, 5.41) is 12.2. The molecule has 1 atom stereocenters. The van der Waals surface area contributed by atoms with Crippen molar-refractivity contribution in [3.8, 4) is 0 Å². The number of rotatable bonds is 7. The Morgan fingerprint density at radius 1 is 1.32 bits per heavy atom. The van der Waals surface area contributed by atoms with E-state index < -0.39 is 0 Å². The maximum Gasteiger partial charge on any atom is 0.208 e. The predicted molar refractivity (Wildman–Crippen MR) is 91.8 cm³/mol. The van der Waals surface area contributed by atoms with Crippen molar-refractivity contribution < 1.29 is 4.42 Å². The molecule has 1 unspecified atom stereocenters. The molecule has 0 bridgehead atoms. The summed E-state index contributed by atoms with van der Waals surface area (Å²) < 4.78 is 7.85. The van der Waals surface area contributed by atoms with Crippen molar-refractivity contribution in [2.45, 2.75) is 64.2 Å². The summed E-state index contributed by atoms with van der Waals surface area (Å²) in [4.78, 5) is 9.21. The van der Waals surface area contributed by atoms with Gasteiger partial charge >= 0.3 is 0 Å². The van der Waals surface area contributed by atoms with Crippen molar-refractivity contribution >= 4 is 0 Å². The maximum atomic E-state index is 5.84. The molecule has 2 fully saturated rings. The van der Waals surface area contributed by atoms with E-state index in [1.165, 1.54) is 12.8 Å². The number of hydrogen-bond donors (Lipinski definition) is 0. The van der Waals surface area contributed by atoms with Gasteiger partial charge in [-0.2, -0.15) is 0 Å². The summed E-state index contributed by atoms with van der Waals surface area (Å²) >= 11 is 0. The molecule has 0 spiro atoms. The molecule has 0 radical (unpaired) electrons. The standard InChI is InChI=1S/C17H27N7O/c1-12(2)15-8-18-17(25-15)11-22(3)14-6-7-23(9-14)10-16-19-20-21-24(16)13-4-5-13/h8,12-14H,4-7,9-11H2,1-3H3. The summed E-state index contributed by atoms with van der Waals surface area (Å²) in [7, 11) is 2.15. The van der Waals surface area contributed by atoms with Crippen molar-refractivity contribution in [1.82, 2.24) is 35.0 Å². The smallest absolute Gasteiger partial charge is 0.208 e. The number of likely N-dealkylation sites (N-methyl/N-ethyl adjacent to an activating group) is 1. The van der Waals surface area contributed by atoms with E-state index in [0.29, 0.717) is 18.0 Å². The van der Waals surface area contributed by atoms with Crippen molar-refractivity contribution in [1.29, 1.82) is 0 Å². The number of aromatic nitrogens is 5. The van der Waals surface area contributed by atoms with Crippen molar-refractivity contribution in [3.63, 3.8) is 0 Å². The van der Waals surface area contributed by atoms with E-state index in [-0.39, 0.29) is 0 Å². The third-order valence-electron chi connectivity index (χ3n) is 5.21. The molecule has 1 aliphatic heterocycles. The molecule has 25 heavy (non-hydrogen) atoms. The molecule has 1 aliphatic carbocycles. The lowest BCUT2D eigenvalue weighted by Crippen LogP contribution is -2.34. The summed E-state index contributed by atoms with van der Waals surface area (Å²) in [6, 6.07) is 1.05. The highest BCUT2D eigenvalue weighted by atomic mass is 16.4. The molecule has 2 aromatic heterocycles. The average Bonchev–Trinajstić information content (AvgIpc) is 3.01. The van der Waals surface area contributed by atoms with Gasteiger partial charge < -0.3 is 4.42 Å². The second-order valence-corrected chi connectivity index (χ2v) is 7.67. The number of tetrazole rings is 1. The van der Waals surface area contributed by atoms with Crippen LogP contribution in [0.2, 0.25) is 0 Å². The molecule has 3 heterocycles. The zero-order valence-electron chi connectivity index (χ0n) is 15.3. The third-order valence-corrected chi connectivity index (χ3v) is 5.21. The van der Waals surface area contributed by atoms with E-state index in [0.717, 1.165) is 50.1 Å². The quantitative estimate of drug-likeness (QED) is 0.757. The zero-order chi connectivity index (χ0) is 17.4.